The van der Waals surface area contributed by atoms with E-state index in [4.69, 9.17) is 4.98 Å². The maximum atomic E-state index is 13.1. The molecule has 28 heavy (non-hydrogen) atoms. The highest BCUT2D eigenvalue weighted by Gasteiger charge is 2.30. The summed E-state index contributed by atoms with van der Waals surface area (Å²) in [6.07, 6.45) is 0. The van der Waals surface area contributed by atoms with Crippen LogP contribution in [0.2, 0.25) is 0 Å². The molecule has 1 amide bonds. The first kappa shape index (κ1) is 20.6. The smallest absolute Gasteiger partial charge is 0.272 e. The summed E-state index contributed by atoms with van der Waals surface area (Å²) in [6.45, 7) is 16.6. The van der Waals surface area contributed by atoms with Crippen LogP contribution >= 0.6 is 0 Å². The number of rotatable bonds is 5. The molecule has 1 N–H and O–H groups in total. The van der Waals surface area contributed by atoms with Gasteiger partial charge in [0.25, 0.3) is 5.91 Å². The van der Waals surface area contributed by atoms with Crippen molar-refractivity contribution < 1.29 is 4.79 Å². The molecular formula is C23H34N4O. The van der Waals surface area contributed by atoms with Crippen LogP contribution in [0.3, 0.4) is 0 Å². The first-order valence-corrected chi connectivity index (χ1v) is 10.3. The molecule has 1 atom stereocenters. The van der Waals surface area contributed by atoms with Gasteiger partial charge in [-0.3, -0.25) is 9.69 Å². The molecule has 1 aromatic carbocycles. The molecule has 3 rings (SSSR count). The predicted molar refractivity (Wildman–Crippen MR) is 114 cm³/mol. The standard InChI is InChI=1S/C23H34N4O/c1-16(2)14-26-12-13-27-19(15-26)20(22(28)24-17(3)23(4,5)6)25-21(27)18-10-8-7-9-11-18/h7-11,16-17H,12-15H2,1-6H3,(H,24,28)/t17-/m0/s1. The van der Waals surface area contributed by atoms with Crippen LogP contribution < -0.4 is 5.32 Å². The summed E-state index contributed by atoms with van der Waals surface area (Å²) in [5.74, 6) is 1.43. The lowest BCUT2D eigenvalue weighted by molar-refractivity contribution is 0.0901. The number of aromatic nitrogens is 2. The van der Waals surface area contributed by atoms with E-state index in [1.54, 1.807) is 0 Å². The topological polar surface area (TPSA) is 50.2 Å². The molecule has 0 unspecified atom stereocenters. The lowest BCUT2D eigenvalue weighted by Gasteiger charge is -2.31. The van der Waals surface area contributed by atoms with Crippen molar-refractivity contribution in [1.29, 1.82) is 0 Å². The molecule has 0 bridgehead atoms. The van der Waals surface area contributed by atoms with Gasteiger partial charge in [-0.15, -0.1) is 0 Å². The summed E-state index contributed by atoms with van der Waals surface area (Å²) in [4.78, 5) is 20.4. The second-order valence-electron chi connectivity index (χ2n) is 9.44. The number of nitrogens with zero attached hydrogens (tertiary/aromatic N) is 3. The Morgan fingerprint density at radius 2 is 1.82 bits per heavy atom. The minimum absolute atomic E-state index is 0.00138. The highest BCUT2D eigenvalue weighted by atomic mass is 16.2. The third-order valence-electron chi connectivity index (χ3n) is 5.60. The van der Waals surface area contributed by atoms with Crippen molar-refractivity contribution in [3.05, 3.63) is 41.7 Å². The molecule has 0 spiro atoms. The van der Waals surface area contributed by atoms with E-state index in [0.717, 1.165) is 43.3 Å². The van der Waals surface area contributed by atoms with Gasteiger partial charge in [0.1, 0.15) is 5.82 Å². The van der Waals surface area contributed by atoms with E-state index in [0.29, 0.717) is 11.6 Å². The number of carbonyl (C=O) groups excluding carboxylic acids is 1. The van der Waals surface area contributed by atoms with E-state index in [9.17, 15) is 4.79 Å². The van der Waals surface area contributed by atoms with E-state index in [1.165, 1.54) is 0 Å². The molecule has 2 aromatic rings. The monoisotopic (exact) mass is 382 g/mol. The second kappa shape index (κ2) is 8.08. The van der Waals surface area contributed by atoms with Gasteiger partial charge in [0.15, 0.2) is 5.69 Å². The summed E-state index contributed by atoms with van der Waals surface area (Å²) in [5.41, 5.74) is 2.67. The first-order chi connectivity index (χ1) is 13.2. The van der Waals surface area contributed by atoms with Gasteiger partial charge in [0, 0.05) is 37.8 Å². The molecule has 1 aliphatic rings. The zero-order valence-electron chi connectivity index (χ0n) is 18.1. The van der Waals surface area contributed by atoms with Crippen LogP contribution in [0.4, 0.5) is 0 Å². The first-order valence-electron chi connectivity index (χ1n) is 10.3. The molecule has 0 fully saturated rings. The van der Waals surface area contributed by atoms with Crippen LogP contribution in [0, 0.1) is 11.3 Å². The molecule has 5 nitrogen and oxygen atoms in total. The van der Waals surface area contributed by atoms with Crippen molar-refractivity contribution >= 4 is 5.91 Å². The Bertz CT molecular complexity index is 817. The van der Waals surface area contributed by atoms with Gasteiger partial charge in [-0.2, -0.15) is 0 Å². The number of nitrogens with one attached hydrogen (secondary N) is 1. The maximum absolute atomic E-state index is 13.1. The van der Waals surface area contributed by atoms with Crippen LogP contribution in [-0.4, -0.2) is 39.5 Å². The molecule has 2 heterocycles. The lowest BCUT2D eigenvalue weighted by Crippen LogP contribution is -2.42. The zero-order valence-corrected chi connectivity index (χ0v) is 18.1. The van der Waals surface area contributed by atoms with Crippen LogP contribution in [0.1, 0.15) is 57.7 Å². The Morgan fingerprint density at radius 1 is 1.14 bits per heavy atom. The minimum atomic E-state index is -0.0697. The van der Waals surface area contributed by atoms with Crippen molar-refractivity contribution in [2.45, 2.75) is 60.7 Å². The molecule has 0 saturated heterocycles. The van der Waals surface area contributed by atoms with Crippen molar-refractivity contribution in [2.75, 3.05) is 13.1 Å². The quantitative estimate of drug-likeness (QED) is 0.844. The number of fused-ring (bicyclic) bond motifs is 1. The summed E-state index contributed by atoms with van der Waals surface area (Å²) in [6, 6.07) is 10.2. The summed E-state index contributed by atoms with van der Waals surface area (Å²) in [7, 11) is 0. The van der Waals surface area contributed by atoms with Gasteiger partial charge >= 0.3 is 0 Å². The van der Waals surface area contributed by atoms with E-state index < -0.39 is 0 Å². The van der Waals surface area contributed by atoms with Crippen molar-refractivity contribution in [2.24, 2.45) is 11.3 Å². The summed E-state index contributed by atoms with van der Waals surface area (Å²) >= 11 is 0. The maximum Gasteiger partial charge on any atom is 0.272 e. The Kier molecular flexibility index (Phi) is 5.94. The fourth-order valence-electron chi connectivity index (χ4n) is 3.56. The number of hydrogen-bond donors (Lipinski definition) is 1. The van der Waals surface area contributed by atoms with E-state index >= 15 is 0 Å². The number of imidazole rings is 1. The van der Waals surface area contributed by atoms with E-state index in [2.05, 4.69) is 68.5 Å². The van der Waals surface area contributed by atoms with Gasteiger partial charge < -0.3 is 9.88 Å². The third kappa shape index (κ3) is 4.46. The van der Waals surface area contributed by atoms with E-state index in [1.807, 2.05) is 18.2 Å². The predicted octanol–water partition coefficient (Wildman–Crippen LogP) is 4.19. The normalized spacial score (nSPS) is 16.1. The highest BCUT2D eigenvalue weighted by molar-refractivity contribution is 5.94. The fraction of sp³-hybridized carbons (Fsp3) is 0.565. The number of amides is 1. The molecule has 0 aliphatic carbocycles. The molecule has 0 saturated carbocycles. The average molecular weight is 383 g/mol. The number of carbonyl (C=O) groups is 1. The SMILES string of the molecule is CC(C)CN1CCn2c(-c3ccccc3)nc(C(=O)N[C@@H](C)C(C)(C)C)c2C1. The van der Waals surface area contributed by atoms with Crippen LogP contribution in [-0.2, 0) is 13.1 Å². The van der Waals surface area contributed by atoms with E-state index in [-0.39, 0.29) is 17.4 Å². The van der Waals surface area contributed by atoms with Gasteiger partial charge in [-0.05, 0) is 18.3 Å². The number of hydrogen-bond acceptors (Lipinski definition) is 3. The van der Waals surface area contributed by atoms with Gasteiger partial charge in [0.2, 0.25) is 0 Å². The Labute approximate surface area is 169 Å². The lowest BCUT2D eigenvalue weighted by atomic mass is 9.88. The third-order valence-corrected chi connectivity index (χ3v) is 5.60. The average Bonchev–Trinajstić information content (AvgIpc) is 3.00. The molecule has 5 heteroatoms. The fourth-order valence-corrected chi connectivity index (χ4v) is 3.56. The van der Waals surface area contributed by atoms with Crippen molar-refractivity contribution in [3.63, 3.8) is 0 Å². The van der Waals surface area contributed by atoms with Crippen molar-refractivity contribution in [3.8, 4) is 11.4 Å². The Morgan fingerprint density at radius 3 is 2.43 bits per heavy atom. The molecule has 0 radical (unpaired) electrons. The highest BCUT2D eigenvalue weighted by Crippen LogP contribution is 2.27. The van der Waals surface area contributed by atoms with Gasteiger partial charge in [0.05, 0.1) is 5.69 Å². The van der Waals surface area contributed by atoms with Gasteiger partial charge in [-0.25, -0.2) is 4.98 Å². The molecule has 152 valence electrons. The molecular weight excluding hydrogens is 348 g/mol. The number of benzene rings is 1. The van der Waals surface area contributed by atoms with Crippen LogP contribution in [0.25, 0.3) is 11.4 Å². The minimum Gasteiger partial charge on any atom is -0.348 e. The second-order valence-corrected chi connectivity index (χ2v) is 9.44. The van der Waals surface area contributed by atoms with Gasteiger partial charge in [-0.1, -0.05) is 65.0 Å². The molecule has 1 aromatic heterocycles. The Balaban J connectivity index is 1.97. The molecule has 1 aliphatic heterocycles. The zero-order chi connectivity index (χ0) is 20.5. The van der Waals surface area contributed by atoms with Crippen LogP contribution in [0.15, 0.2) is 30.3 Å². The summed E-state index contributed by atoms with van der Waals surface area (Å²) in [5, 5.41) is 3.17. The van der Waals surface area contributed by atoms with Crippen molar-refractivity contribution in [1.82, 2.24) is 19.8 Å². The van der Waals surface area contributed by atoms with Crippen LogP contribution in [0.5, 0.6) is 0 Å². The summed E-state index contributed by atoms with van der Waals surface area (Å²) < 4.78 is 2.24. The Hall–Kier alpha value is -2.14. The largest absolute Gasteiger partial charge is 0.348 e.